The van der Waals surface area contributed by atoms with Gasteiger partial charge in [-0.25, -0.2) is 9.45 Å². The van der Waals surface area contributed by atoms with Crippen molar-refractivity contribution in [3.8, 4) is 17.2 Å². The first-order valence-corrected chi connectivity index (χ1v) is 11.0. The van der Waals surface area contributed by atoms with Gasteiger partial charge in [0.05, 0.1) is 12.2 Å². The minimum absolute atomic E-state index is 0.0382. The van der Waals surface area contributed by atoms with Gasteiger partial charge in [0, 0.05) is 11.6 Å². The summed E-state index contributed by atoms with van der Waals surface area (Å²) >= 11 is 0. The molecule has 0 heterocycles. The van der Waals surface area contributed by atoms with Crippen LogP contribution < -0.4 is 14.6 Å². The van der Waals surface area contributed by atoms with E-state index in [1.165, 1.54) is 31.2 Å². The van der Waals surface area contributed by atoms with Gasteiger partial charge < -0.3 is 14.7 Å². The Morgan fingerprint density at radius 1 is 0.775 bits per heavy atom. The summed E-state index contributed by atoms with van der Waals surface area (Å²) in [5, 5.41) is 9.93. The standard InChI is InChI=1S/C25H18F11NO3/c1-14-10-18(8-9-20(14)26)39-17-6-3-5-16(12-17)37(13-21(38)23(29,30)31)40-19-7-2-4-15(11-19)22(27,28)24(32,33)25(34,35)36/h2-12,21,38H,13H2,1H3. The van der Waals surface area contributed by atoms with Crippen molar-refractivity contribution in [2.24, 2.45) is 0 Å². The van der Waals surface area contributed by atoms with Crippen LogP contribution in [0.1, 0.15) is 11.1 Å². The average molecular weight is 589 g/mol. The number of hydrogen-bond donors (Lipinski definition) is 1. The maximum Gasteiger partial charge on any atom is 0.460 e. The van der Waals surface area contributed by atoms with Gasteiger partial charge in [-0.05, 0) is 55.0 Å². The summed E-state index contributed by atoms with van der Waals surface area (Å²) in [5.74, 6) is -13.6. The Labute approximate surface area is 219 Å². The molecule has 0 bridgehead atoms. The van der Waals surface area contributed by atoms with E-state index in [0.717, 1.165) is 24.3 Å². The van der Waals surface area contributed by atoms with Crippen LogP contribution in [-0.4, -0.2) is 36.0 Å². The molecular weight excluding hydrogens is 571 g/mol. The second-order valence-corrected chi connectivity index (χ2v) is 8.39. The lowest BCUT2D eigenvalue weighted by atomic mass is 10.0. The molecule has 15 heteroatoms. The van der Waals surface area contributed by atoms with Gasteiger partial charge in [-0.2, -0.15) is 43.9 Å². The Bertz CT molecular complexity index is 1330. The number of hydroxylamine groups is 1. The molecule has 0 saturated heterocycles. The highest BCUT2D eigenvalue weighted by atomic mass is 19.4. The van der Waals surface area contributed by atoms with E-state index in [1.54, 1.807) is 0 Å². The Kier molecular flexibility index (Phi) is 8.48. The van der Waals surface area contributed by atoms with Crippen molar-refractivity contribution in [1.29, 1.82) is 0 Å². The van der Waals surface area contributed by atoms with Crippen LogP contribution in [0, 0.1) is 12.7 Å². The van der Waals surface area contributed by atoms with Crippen molar-refractivity contribution < 1.29 is 63.0 Å². The number of hydrogen-bond acceptors (Lipinski definition) is 4. The maximum absolute atomic E-state index is 14.2. The van der Waals surface area contributed by atoms with Gasteiger partial charge in [0.1, 0.15) is 17.3 Å². The molecular formula is C25H18F11NO3. The third kappa shape index (κ3) is 6.69. The van der Waals surface area contributed by atoms with E-state index in [-0.39, 0.29) is 34.9 Å². The first-order valence-electron chi connectivity index (χ1n) is 11.0. The Hall–Kier alpha value is -3.75. The average Bonchev–Trinajstić information content (AvgIpc) is 2.85. The molecule has 3 aromatic carbocycles. The maximum atomic E-state index is 14.2. The van der Waals surface area contributed by atoms with E-state index in [1.807, 2.05) is 0 Å². The van der Waals surface area contributed by atoms with Crippen LogP contribution in [0.4, 0.5) is 54.0 Å². The molecule has 0 saturated carbocycles. The Balaban J connectivity index is 1.97. The fraction of sp³-hybridized carbons (Fsp3) is 0.280. The minimum atomic E-state index is -6.63. The van der Waals surface area contributed by atoms with Crippen LogP contribution in [0.2, 0.25) is 0 Å². The Morgan fingerprint density at radius 3 is 1.98 bits per heavy atom. The highest BCUT2D eigenvalue weighted by Gasteiger charge is 2.73. The van der Waals surface area contributed by atoms with Gasteiger partial charge >= 0.3 is 24.2 Å². The lowest BCUT2D eigenvalue weighted by molar-refractivity contribution is -0.359. The van der Waals surface area contributed by atoms with Gasteiger partial charge in [0.15, 0.2) is 11.9 Å². The molecule has 218 valence electrons. The van der Waals surface area contributed by atoms with Crippen molar-refractivity contribution in [1.82, 2.24) is 0 Å². The number of anilines is 1. The SMILES string of the molecule is Cc1cc(Oc2cccc(N(CC(O)C(F)(F)F)Oc3cccc(C(F)(F)C(F)(F)C(F)(F)F)c3)c2)ccc1F. The molecule has 1 N–H and O–H groups in total. The smallest absolute Gasteiger partial charge is 0.457 e. The van der Waals surface area contributed by atoms with Crippen LogP contribution in [0.15, 0.2) is 66.7 Å². The zero-order valence-electron chi connectivity index (χ0n) is 20.0. The summed E-state index contributed by atoms with van der Waals surface area (Å²) in [6.07, 6.45) is -14.9. The molecule has 0 aliphatic carbocycles. The summed E-state index contributed by atoms with van der Waals surface area (Å²) in [7, 11) is 0. The van der Waals surface area contributed by atoms with E-state index >= 15 is 0 Å². The highest BCUT2D eigenvalue weighted by Crippen LogP contribution is 2.52. The predicted octanol–water partition coefficient (Wildman–Crippen LogP) is 7.94. The number of nitrogens with zero attached hydrogens (tertiary/aromatic N) is 1. The van der Waals surface area contributed by atoms with Gasteiger partial charge in [-0.15, -0.1) is 0 Å². The van der Waals surface area contributed by atoms with E-state index in [2.05, 4.69) is 0 Å². The second kappa shape index (κ2) is 11.0. The third-order valence-electron chi connectivity index (χ3n) is 5.35. The van der Waals surface area contributed by atoms with Gasteiger partial charge in [-0.1, -0.05) is 18.2 Å². The fourth-order valence-electron chi connectivity index (χ4n) is 3.21. The molecule has 0 radical (unpaired) electrons. The number of aliphatic hydroxyl groups is 1. The lowest BCUT2D eigenvalue weighted by Gasteiger charge is -2.30. The van der Waals surface area contributed by atoms with Crippen molar-refractivity contribution in [3.63, 3.8) is 0 Å². The van der Waals surface area contributed by atoms with Gasteiger partial charge in [0.2, 0.25) is 0 Å². The van der Waals surface area contributed by atoms with E-state index in [9.17, 15) is 53.4 Å². The monoisotopic (exact) mass is 589 g/mol. The number of benzene rings is 3. The summed E-state index contributed by atoms with van der Waals surface area (Å²) in [4.78, 5) is 5.15. The van der Waals surface area contributed by atoms with Crippen molar-refractivity contribution >= 4 is 5.69 Å². The van der Waals surface area contributed by atoms with Gasteiger partial charge in [-0.3, -0.25) is 0 Å². The molecule has 4 nitrogen and oxygen atoms in total. The topological polar surface area (TPSA) is 41.9 Å². The largest absolute Gasteiger partial charge is 0.460 e. The van der Waals surface area contributed by atoms with Crippen LogP contribution >= 0.6 is 0 Å². The molecule has 3 rings (SSSR count). The summed E-state index contributed by atoms with van der Waals surface area (Å²) in [6, 6.07) is 10.2. The quantitative estimate of drug-likeness (QED) is 0.203. The molecule has 0 fully saturated rings. The third-order valence-corrected chi connectivity index (χ3v) is 5.35. The number of ether oxygens (including phenoxy) is 1. The van der Waals surface area contributed by atoms with E-state index < -0.39 is 54.0 Å². The van der Waals surface area contributed by atoms with Crippen LogP contribution in [0.25, 0.3) is 0 Å². The molecule has 1 unspecified atom stereocenters. The molecule has 40 heavy (non-hydrogen) atoms. The summed E-state index contributed by atoms with van der Waals surface area (Å²) in [6.45, 7) is 0.0525. The Morgan fingerprint density at radius 2 is 1.38 bits per heavy atom. The molecule has 0 aliphatic heterocycles. The number of aliphatic hydroxyl groups excluding tert-OH is 1. The van der Waals surface area contributed by atoms with E-state index in [4.69, 9.17) is 9.57 Å². The zero-order chi connectivity index (χ0) is 30.1. The first-order chi connectivity index (χ1) is 18.3. The normalized spacial score (nSPS) is 13.6. The van der Waals surface area contributed by atoms with Crippen molar-refractivity contribution in [3.05, 3.63) is 83.7 Å². The summed E-state index contributed by atoms with van der Waals surface area (Å²) in [5.41, 5.74) is -1.91. The summed E-state index contributed by atoms with van der Waals surface area (Å²) < 4.78 is 152. The minimum Gasteiger partial charge on any atom is -0.457 e. The van der Waals surface area contributed by atoms with Crippen LogP contribution in [0.3, 0.4) is 0 Å². The number of halogens is 11. The molecule has 1 atom stereocenters. The predicted molar refractivity (Wildman–Crippen MR) is 119 cm³/mol. The zero-order valence-corrected chi connectivity index (χ0v) is 20.0. The van der Waals surface area contributed by atoms with Crippen molar-refractivity contribution in [2.75, 3.05) is 11.6 Å². The molecule has 3 aromatic rings. The number of alkyl halides is 10. The number of aryl methyl sites for hydroxylation is 1. The van der Waals surface area contributed by atoms with Crippen LogP contribution in [0.5, 0.6) is 17.2 Å². The number of rotatable bonds is 9. The van der Waals surface area contributed by atoms with Gasteiger partial charge in [0.25, 0.3) is 0 Å². The first kappa shape index (κ1) is 30.8. The molecule has 0 aliphatic rings. The lowest BCUT2D eigenvalue weighted by Crippen LogP contribution is -2.50. The molecule has 0 aromatic heterocycles. The second-order valence-electron chi connectivity index (χ2n) is 8.39. The highest BCUT2D eigenvalue weighted by molar-refractivity contribution is 5.51. The van der Waals surface area contributed by atoms with E-state index in [0.29, 0.717) is 11.1 Å². The molecule has 0 spiro atoms. The molecule has 0 amide bonds. The fourth-order valence-corrected chi connectivity index (χ4v) is 3.21. The van der Waals surface area contributed by atoms with Crippen LogP contribution in [-0.2, 0) is 5.92 Å². The van der Waals surface area contributed by atoms with Crippen molar-refractivity contribution in [2.45, 2.75) is 37.2 Å².